The lowest BCUT2D eigenvalue weighted by molar-refractivity contribution is -0.137. The first-order valence-electron chi connectivity index (χ1n) is 7.40. The molecule has 0 radical (unpaired) electrons. The number of hydrogen-bond donors (Lipinski definition) is 2. The van der Waals surface area contributed by atoms with Gasteiger partial charge in [-0.3, -0.25) is 4.79 Å². The summed E-state index contributed by atoms with van der Waals surface area (Å²) >= 11 is 0. The summed E-state index contributed by atoms with van der Waals surface area (Å²) in [6.07, 6.45) is 1.89. The molecule has 21 heavy (non-hydrogen) atoms. The van der Waals surface area contributed by atoms with E-state index < -0.39 is 5.97 Å². The quantitative estimate of drug-likeness (QED) is 0.685. The highest BCUT2D eigenvalue weighted by Gasteiger charge is 2.18. The number of aryl methyl sites for hydroxylation is 1. The number of rotatable bonds is 9. The Hall–Kier alpha value is -1.55. The highest BCUT2D eigenvalue weighted by atomic mass is 16.5. The van der Waals surface area contributed by atoms with Gasteiger partial charge in [-0.2, -0.15) is 0 Å². The summed E-state index contributed by atoms with van der Waals surface area (Å²) < 4.78 is 5.36. The SMILES string of the molecule is COc1ccc(C)cc1CNCCC(C)(C)CCC(=O)O. The van der Waals surface area contributed by atoms with Crippen molar-refractivity contribution in [3.05, 3.63) is 29.3 Å². The second kappa shape index (κ2) is 8.03. The van der Waals surface area contributed by atoms with Crippen molar-refractivity contribution in [1.82, 2.24) is 5.32 Å². The first-order valence-corrected chi connectivity index (χ1v) is 7.40. The minimum Gasteiger partial charge on any atom is -0.496 e. The van der Waals surface area contributed by atoms with Gasteiger partial charge in [0, 0.05) is 18.5 Å². The molecule has 0 aromatic heterocycles. The second-order valence-electron chi connectivity index (χ2n) is 6.30. The lowest BCUT2D eigenvalue weighted by Crippen LogP contribution is -2.23. The molecule has 0 aliphatic carbocycles. The van der Waals surface area contributed by atoms with E-state index in [0.717, 1.165) is 30.8 Å². The minimum atomic E-state index is -0.722. The molecular weight excluding hydrogens is 266 g/mol. The van der Waals surface area contributed by atoms with Crippen molar-refractivity contribution in [3.8, 4) is 5.75 Å². The number of ether oxygens (including phenoxy) is 1. The van der Waals surface area contributed by atoms with E-state index >= 15 is 0 Å². The van der Waals surface area contributed by atoms with Crippen molar-refractivity contribution in [3.63, 3.8) is 0 Å². The molecule has 0 heterocycles. The fourth-order valence-electron chi connectivity index (χ4n) is 2.27. The molecule has 0 amide bonds. The van der Waals surface area contributed by atoms with Crippen molar-refractivity contribution < 1.29 is 14.6 Å². The number of aliphatic carboxylic acids is 1. The van der Waals surface area contributed by atoms with E-state index in [2.05, 4.69) is 32.2 Å². The topological polar surface area (TPSA) is 58.6 Å². The van der Waals surface area contributed by atoms with Gasteiger partial charge in [-0.25, -0.2) is 0 Å². The standard InChI is InChI=1S/C17H27NO3/c1-13-5-6-15(21-4)14(11-13)12-18-10-9-17(2,3)8-7-16(19)20/h5-6,11,18H,7-10,12H2,1-4H3,(H,19,20). The number of methoxy groups -OCH3 is 1. The molecule has 0 saturated heterocycles. The Morgan fingerprint density at radius 3 is 2.67 bits per heavy atom. The summed E-state index contributed by atoms with van der Waals surface area (Å²) in [6, 6.07) is 6.15. The van der Waals surface area contributed by atoms with Gasteiger partial charge in [0.05, 0.1) is 7.11 Å². The molecule has 0 fully saturated rings. The number of nitrogens with one attached hydrogen (secondary N) is 1. The Kier molecular flexibility index (Phi) is 6.69. The Labute approximate surface area is 127 Å². The third-order valence-electron chi connectivity index (χ3n) is 3.75. The lowest BCUT2D eigenvalue weighted by atomic mass is 9.84. The molecular formula is C17H27NO3. The van der Waals surface area contributed by atoms with Crippen molar-refractivity contribution in [2.75, 3.05) is 13.7 Å². The largest absolute Gasteiger partial charge is 0.496 e. The molecule has 0 atom stereocenters. The van der Waals surface area contributed by atoms with Crippen LogP contribution in [-0.2, 0) is 11.3 Å². The molecule has 4 nitrogen and oxygen atoms in total. The first-order chi connectivity index (χ1) is 9.84. The molecule has 2 N–H and O–H groups in total. The summed E-state index contributed by atoms with van der Waals surface area (Å²) in [6.45, 7) is 7.93. The number of benzene rings is 1. The Bertz CT molecular complexity index is 469. The minimum absolute atomic E-state index is 0.0437. The zero-order chi connectivity index (χ0) is 15.9. The molecule has 1 aromatic carbocycles. The zero-order valence-corrected chi connectivity index (χ0v) is 13.5. The number of carboxylic acids is 1. The van der Waals surface area contributed by atoms with Gasteiger partial charge in [0.2, 0.25) is 0 Å². The van der Waals surface area contributed by atoms with E-state index in [1.807, 2.05) is 12.1 Å². The maximum Gasteiger partial charge on any atom is 0.303 e. The molecule has 0 bridgehead atoms. The van der Waals surface area contributed by atoms with Crippen LogP contribution in [0.3, 0.4) is 0 Å². The van der Waals surface area contributed by atoms with Gasteiger partial charge in [0.15, 0.2) is 0 Å². The van der Waals surface area contributed by atoms with E-state index in [4.69, 9.17) is 9.84 Å². The lowest BCUT2D eigenvalue weighted by Gasteiger charge is -2.24. The molecule has 1 rings (SSSR count). The Morgan fingerprint density at radius 1 is 1.33 bits per heavy atom. The third kappa shape index (κ3) is 6.63. The van der Waals surface area contributed by atoms with Crippen molar-refractivity contribution in [1.29, 1.82) is 0 Å². The van der Waals surface area contributed by atoms with Crippen LogP contribution in [0.1, 0.15) is 44.2 Å². The Morgan fingerprint density at radius 2 is 2.05 bits per heavy atom. The highest BCUT2D eigenvalue weighted by molar-refractivity contribution is 5.66. The monoisotopic (exact) mass is 293 g/mol. The van der Waals surface area contributed by atoms with Crippen LogP contribution in [0.5, 0.6) is 5.75 Å². The van der Waals surface area contributed by atoms with Gasteiger partial charge in [-0.05, 0) is 37.8 Å². The fraction of sp³-hybridized carbons (Fsp3) is 0.588. The third-order valence-corrected chi connectivity index (χ3v) is 3.75. The van der Waals surface area contributed by atoms with Crippen LogP contribution in [0.2, 0.25) is 0 Å². The summed E-state index contributed by atoms with van der Waals surface area (Å²) in [4.78, 5) is 10.6. The van der Waals surface area contributed by atoms with Crippen LogP contribution in [-0.4, -0.2) is 24.7 Å². The highest BCUT2D eigenvalue weighted by Crippen LogP contribution is 2.26. The number of carboxylic acid groups (broad SMARTS) is 1. The summed E-state index contributed by atoms with van der Waals surface area (Å²) in [7, 11) is 1.68. The molecule has 0 aliphatic rings. The van der Waals surface area contributed by atoms with E-state index in [1.165, 1.54) is 5.56 Å². The predicted molar refractivity (Wildman–Crippen MR) is 84.7 cm³/mol. The smallest absolute Gasteiger partial charge is 0.303 e. The maximum absolute atomic E-state index is 10.6. The van der Waals surface area contributed by atoms with Gasteiger partial charge in [-0.15, -0.1) is 0 Å². The molecule has 118 valence electrons. The average molecular weight is 293 g/mol. The normalized spacial score (nSPS) is 11.4. The van der Waals surface area contributed by atoms with Crippen molar-refractivity contribution in [2.24, 2.45) is 5.41 Å². The number of hydrogen-bond acceptors (Lipinski definition) is 3. The molecule has 1 aromatic rings. The van der Waals surface area contributed by atoms with E-state index in [9.17, 15) is 4.79 Å². The first kappa shape index (κ1) is 17.5. The molecule has 0 aliphatic heterocycles. The van der Waals surface area contributed by atoms with Crippen LogP contribution in [0, 0.1) is 12.3 Å². The van der Waals surface area contributed by atoms with Gasteiger partial charge in [-0.1, -0.05) is 31.5 Å². The molecule has 0 saturated carbocycles. The average Bonchev–Trinajstić information content (AvgIpc) is 2.42. The molecule has 4 heteroatoms. The summed E-state index contributed by atoms with van der Waals surface area (Å²) in [5, 5.41) is 12.2. The maximum atomic E-state index is 10.6. The van der Waals surface area contributed by atoms with Crippen LogP contribution in [0.4, 0.5) is 0 Å². The fourth-order valence-corrected chi connectivity index (χ4v) is 2.27. The van der Waals surface area contributed by atoms with Gasteiger partial charge >= 0.3 is 5.97 Å². The zero-order valence-electron chi connectivity index (χ0n) is 13.5. The second-order valence-corrected chi connectivity index (χ2v) is 6.30. The van der Waals surface area contributed by atoms with Gasteiger partial charge < -0.3 is 15.2 Å². The van der Waals surface area contributed by atoms with Crippen LogP contribution in [0.15, 0.2) is 18.2 Å². The number of carbonyl (C=O) groups is 1. The van der Waals surface area contributed by atoms with Crippen LogP contribution >= 0.6 is 0 Å². The van der Waals surface area contributed by atoms with Gasteiger partial charge in [0.25, 0.3) is 0 Å². The molecule has 0 spiro atoms. The summed E-state index contributed by atoms with van der Waals surface area (Å²) in [5.74, 6) is 0.179. The van der Waals surface area contributed by atoms with Gasteiger partial charge in [0.1, 0.15) is 5.75 Å². The van der Waals surface area contributed by atoms with Crippen molar-refractivity contribution >= 4 is 5.97 Å². The Balaban J connectivity index is 2.40. The van der Waals surface area contributed by atoms with Crippen molar-refractivity contribution in [2.45, 2.75) is 46.6 Å². The summed E-state index contributed by atoms with van der Waals surface area (Å²) in [5.41, 5.74) is 2.41. The van der Waals surface area contributed by atoms with E-state index in [0.29, 0.717) is 6.42 Å². The van der Waals surface area contributed by atoms with Crippen LogP contribution < -0.4 is 10.1 Å². The van der Waals surface area contributed by atoms with Crippen LogP contribution in [0.25, 0.3) is 0 Å². The van der Waals surface area contributed by atoms with E-state index in [-0.39, 0.29) is 11.8 Å². The van der Waals surface area contributed by atoms with E-state index in [1.54, 1.807) is 7.11 Å². The predicted octanol–water partition coefficient (Wildman–Crippen LogP) is 3.37. The molecule has 0 unspecified atom stereocenters.